The van der Waals surface area contributed by atoms with Crippen molar-refractivity contribution in [2.75, 3.05) is 25.0 Å². The third-order valence-electron chi connectivity index (χ3n) is 4.32. The first kappa shape index (κ1) is 18.9. The van der Waals surface area contributed by atoms with E-state index in [1.54, 1.807) is 0 Å². The van der Waals surface area contributed by atoms with Gasteiger partial charge < -0.3 is 5.32 Å². The SMILES string of the molecule is Cc1cc(C)c(NC(=O)CNS(=O)(=O)N2CCCC(C)C2)c(C)c1. The molecule has 0 aromatic heterocycles. The molecule has 1 aliphatic heterocycles. The van der Waals surface area contributed by atoms with E-state index < -0.39 is 10.2 Å². The number of nitrogens with one attached hydrogen (secondary N) is 2. The Morgan fingerprint density at radius 2 is 1.88 bits per heavy atom. The van der Waals surface area contributed by atoms with Gasteiger partial charge in [-0.15, -0.1) is 0 Å². The smallest absolute Gasteiger partial charge is 0.279 e. The standard InChI is InChI=1S/C17H27N3O3S/c1-12-6-5-7-20(11-12)24(22,23)18-10-16(21)19-17-14(3)8-13(2)9-15(17)4/h8-9,12,18H,5-7,10-11H2,1-4H3,(H,19,21). The first-order chi connectivity index (χ1) is 11.2. The van der Waals surface area contributed by atoms with Crippen LogP contribution >= 0.6 is 0 Å². The largest absolute Gasteiger partial charge is 0.324 e. The second-order valence-corrected chi connectivity index (χ2v) is 8.51. The molecule has 1 amide bonds. The fourth-order valence-electron chi connectivity index (χ4n) is 3.17. The number of rotatable bonds is 5. The average Bonchev–Trinajstić information content (AvgIpc) is 2.49. The van der Waals surface area contributed by atoms with Gasteiger partial charge in [-0.05, 0) is 50.7 Å². The van der Waals surface area contributed by atoms with Gasteiger partial charge in [-0.3, -0.25) is 4.79 Å². The van der Waals surface area contributed by atoms with Gasteiger partial charge in [-0.2, -0.15) is 17.4 Å². The molecule has 134 valence electrons. The molecular weight excluding hydrogens is 326 g/mol. The Bertz CT molecular complexity index is 693. The molecule has 1 aromatic carbocycles. The molecule has 2 N–H and O–H groups in total. The zero-order valence-corrected chi connectivity index (χ0v) is 15.7. The van der Waals surface area contributed by atoms with Gasteiger partial charge in [0.25, 0.3) is 10.2 Å². The summed E-state index contributed by atoms with van der Waals surface area (Å²) in [4.78, 5) is 12.1. The van der Waals surface area contributed by atoms with E-state index >= 15 is 0 Å². The Morgan fingerprint density at radius 3 is 2.46 bits per heavy atom. The second kappa shape index (κ2) is 7.63. The number of carbonyl (C=O) groups excluding carboxylic acids is 1. The average molecular weight is 353 g/mol. The Balaban J connectivity index is 1.96. The quantitative estimate of drug-likeness (QED) is 0.851. The summed E-state index contributed by atoms with van der Waals surface area (Å²) in [6.45, 7) is 8.64. The Hall–Kier alpha value is -1.44. The number of carbonyl (C=O) groups is 1. The molecule has 1 fully saturated rings. The van der Waals surface area contributed by atoms with Crippen molar-refractivity contribution in [3.05, 3.63) is 28.8 Å². The fraction of sp³-hybridized carbons (Fsp3) is 0.588. The van der Waals surface area contributed by atoms with Gasteiger partial charge in [0, 0.05) is 18.8 Å². The van der Waals surface area contributed by atoms with Gasteiger partial charge in [0.05, 0.1) is 6.54 Å². The number of nitrogens with zero attached hydrogens (tertiary/aromatic N) is 1. The minimum Gasteiger partial charge on any atom is -0.324 e. The maximum absolute atomic E-state index is 12.3. The molecule has 0 saturated carbocycles. The maximum atomic E-state index is 12.3. The first-order valence-electron chi connectivity index (χ1n) is 8.31. The van der Waals surface area contributed by atoms with Crippen LogP contribution in [0.3, 0.4) is 0 Å². The van der Waals surface area contributed by atoms with E-state index in [4.69, 9.17) is 0 Å². The van der Waals surface area contributed by atoms with Crippen molar-refractivity contribution in [3.8, 4) is 0 Å². The van der Waals surface area contributed by atoms with Crippen LogP contribution < -0.4 is 10.0 Å². The molecular formula is C17H27N3O3S. The third-order valence-corrected chi connectivity index (χ3v) is 5.84. The van der Waals surface area contributed by atoms with Crippen LogP contribution in [0, 0.1) is 26.7 Å². The van der Waals surface area contributed by atoms with Gasteiger partial charge in [0.1, 0.15) is 0 Å². The van der Waals surface area contributed by atoms with Crippen molar-refractivity contribution in [1.82, 2.24) is 9.03 Å². The fourth-order valence-corrected chi connectivity index (χ4v) is 4.49. The summed E-state index contributed by atoms with van der Waals surface area (Å²) >= 11 is 0. The predicted molar refractivity (Wildman–Crippen MR) is 96.2 cm³/mol. The van der Waals surface area contributed by atoms with E-state index in [9.17, 15) is 13.2 Å². The highest BCUT2D eigenvalue weighted by atomic mass is 32.2. The Labute approximate surface area is 144 Å². The molecule has 0 radical (unpaired) electrons. The van der Waals surface area contributed by atoms with Crippen LogP contribution in [0.15, 0.2) is 12.1 Å². The van der Waals surface area contributed by atoms with Gasteiger partial charge in [0.15, 0.2) is 0 Å². The molecule has 6 nitrogen and oxygen atoms in total. The molecule has 1 aromatic rings. The second-order valence-electron chi connectivity index (χ2n) is 6.75. The summed E-state index contributed by atoms with van der Waals surface area (Å²) in [5, 5.41) is 2.81. The van der Waals surface area contributed by atoms with E-state index in [0.717, 1.165) is 35.2 Å². The summed E-state index contributed by atoms with van der Waals surface area (Å²) < 4.78 is 28.4. The lowest BCUT2D eigenvalue weighted by molar-refractivity contribution is -0.115. The number of hydrogen-bond acceptors (Lipinski definition) is 3. The Morgan fingerprint density at radius 1 is 1.25 bits per heavy atom. The van der Waals surface area contributed by atoms with Gasteiger partial charge in [-0.25, -0.2) is 0 Å². The van der Waals surface area contributed by atoms with Crippen molar-refractivity contribution in [2.24, 2.45) is 5.92 Å². The summed E-state index contributed by atoms with van der Waals surface area (Å²) in [5.74, 6) is -0.0132. The lowest BCUT2D eigenvalue weighted by Crippen LogP contribution is -2.47. The molecule has 1 heterocycles. The van der Waals surface area contributed by atoms with Crippen LogP contribution in [-0.2, 0) is 15.0 Å². The minimum atomic E-state index is -3.61. The molecule has 0 bridgehead atoms. The summed E-state index contributed by atoms with van der Waals surface area (Å²) in [7, 11) is -3.61. The van der Waals surface area contributed by atoms with E-state index in [-0.39, 0.29) is 12.5 Å². The normalized spacial score (nSPS) is 19.2. The van der Waals surface area contributed by atoms with Crippen LogP contribution in [0.2, 0.25) is 0 Å². The lowest BCUT2D eigenvalue weighted by Gasteiger charge is -2.29. The number of piperidine rings is 1. The van der Waals surface area contributed by atoms with E-state index in [0.29, 0.717) is 19.0 Å². The minimum absolute atomic E-state index is 0.264. The highest BCUT2D eigenvalue weighted by Gasteiger charge is 2.27. The third kappa shape index (κ3) is 4.78. The summed E-state index contributed by atoms with van der Waals surface area (Å²) in [6, 6.07) is 3.98. The van der Waals surface area contributed by atoms with Crippen molar-refractivity contribution in [1.29, 1.82) is 0 Å². The molecule has 1 saturated heterocycles. The van der Waals surface area contributed by atoms with E-state index in [1.807, 2.05) is 39.8 Å². The van der Waals surface area contributed by atoms with Crippen LogP contribution in [0.25, 0.3) is 0 Å². The van der Waals surface area contributed by atoms with Crippen molar-refractivity contribution in [3.63, 3.8) is 0 Å². The van der Waals surface area contributed by atoms with Crippen molar-refractivity contribution in [2.45, 2.75) is 40.5 Å². The van der Waals surface area contributed by atoms with Gasteiger partial charge in [-0.1, -0.05) is 24.6 Å². The van der Waals surface area contributed by atoms with Gasteiger partial charge in [0.2, 0.25) is 5.91 Å². The Kier molecular flexibility index (Phi) is 6.01. The number of amides is 1. The van der Waals surface area contributed by atoms with Crippen LogP contribution in [0.1, 0.15) is 36.5 Å². The molecule has 0 spiro atoms. The lowest BCUT2D eigenvalue weighted by atomic mass is 10.0. The molecule has 0 aliphatic carbocycles. The highest BCUT2D eigenvalue weighted by molar-refractivity contribution is 7.87. The van der Waals surface area contributed by atoms with E-state index in [1.165, 1.54) is 4.31 Å². The molecule has 1 atom stereocenters. The maximum Gasteiger partial charge on any atom is 0.279 e. The topological polar surface area (TPSA) is 78.5 Å². The van der Waals surface area contributed by atoms with Crippen LogP contribution in [-0.4, -0.2) is 38.3 Å². The summed E-state index contributed by atoms with van der Waals surface area (Å²) in [6.07, 6.45) is 1.90. The predicted octanol–water partition coefficient (Wildman–Crippen LogP) is 2.12. The molecule has 2 rings (SSSR count). The number of anilines is 1. The number of benzene rings is 1. The molecule has 7 heteroatoms. The zero-order chi connectivity index (χ0) is 17.9. The number of hydrogen-bond donors (Lipinski definition) is 2. The van der Waals surface area contributed by atoms with Crippen LogP contribution in [0.4, 0.5) is 5.69 Å². The van der Waals surface area contributed by atoms with Crippen LogP contribution in [0.5, 0.6) is 0 Å². The number of aryl methyl sites for hydroxylation is 3. The highest BCUT2D eigenvalue weighted by Crippen LogP contribution is 2.22. The van der Waals surface area contributed by atoms with Crippen molar-refractivity contribution < 1.29 is 13.2 Å². The molecule has 1 unspecified atom stereocenters. The van der Waals surface area contributed by atoms with Crippen molar-refractivity contribution >= 4 is 21.8 Å². The van der Waals surface area contributed by atoms with Gasteiger partial charge >= 0.3 is 0 Å². The molecule has 24 heavy (non-hydrogen) atoms. The molecule has 1 aliphatic rings. The summed E-state index contributed by atoms with van der Waals surface area (Å²) in [5.41, 5.74) is 3.81. The van der Waals surface area contributed by atoms with E-state index in [2.05, 4.69) is 10.0 Å². The first-order valence-corrected chi connectivity index (χ1v) is 9.75. The monoisotopic (exact) mass is 353 g/mol. The zero-order valence-electron chi connectivity index (χ0n) is 14.8.